The second-order valence-corrected chi connectivity index (χ2v) is 4.12. The molecule has 1 aliphatic rings. The molecular formula is C9H16F3N. The Morgan fingerprint density at radius 3 is 1.92 bits per heavy atom. The molecule has 0 aromatic heterocycles. The van der Waals surface area contributed by atoms with Gasteiger partial charge in [-0.3, -0.25) is 0 Å². The minimum Gasteiger partial charge on any atom is -0.318 e. The summed E-state index contributed by atoms with van der Waals surface area (Å²) in [5, 5.41) is 0. The van der Waals surface area contributed by atoms with Crippen LogP contribution in [0.15, 0.2) is 0 Å². The monoisotopic (exact) mass is 195 g/mol. The molecule has 13 heavy (non-hydrogen) atoms. The fourth-order valence-electron chi connectivity index (χ4n) is 1.93. The Kier molecular flexibility index (Phi) is 2.90. The zero-order valence-corrected chi connectivity index (χ0v) is 7.82. The molecule has 0 aliphatic heterocycles. The lowest BCUT2D eigenvalue weighted by atomic mass is 9.76. The molecule has 4 heteroatoms. The molecule has 0 radical (unpaired) electrons. The van der Waals surface area contributed by atoms with Gasteiger partial charge in [0.05, 0.1) is 0 Å². The van der Waals surface area contributed by atoms with Crippen LogP contribution in [0.4, 0.5) is 13.2 Å². The number of rotatable bonds is 1. The average molecular weight is 195 g/mol. The Balaban J connectivity index is 2.67. The topological polar surface area (TPSA) is 26.0 Å². The van der Waals surface area contributed by atoms with Crippen molar-refractivity contribution in [3.63, 3.8) is 0 Å². The van der Waals surface area contributed by atoms with Crippen LogP contribution >= 0.6 is 0 Å². The summed E-state index contributed by atoms with van der Waals surface area (Å²) in [4.78, 5) is 0. The Labute approximate surface area is 76.5 Å². The van der Waals surface area contributed by atoms with Crippen molar-refractivity contribution in [1.29, 1.82) is 0 Å². The van der Waals surface area contributed by atoms with Gasteiger partial charge in [0.25, 0.3) is 0 Å². The van der Waals surface area contributed by atoms with Crippen molar-refractivity contribution in [3.8, 4) is 0 Å². The normalized spacial score (nSPS) is 25.6. The summed E-state index contributed by atoms with van der Waals surface area (Å²) in [6.07, 6.45) is -0.223. The first-order valence-corrected chi connectivity index (χ1v) is 4.71. The van der Waals surface area contributed by atoms with Crippen LogP contribution in [0.1, 0.15) is 39.0 Å². The van der Waals surface area contributed by atoms with Crippen molar-refractivity contribution in [1.82, 2.24) is 0 Å². The Morgan fingerprint density at radius 2 is 1.54 bits per heavy atom. The highest BCUT2D eigenvalue weighted by molar-refractivity contribution is 4.94. The van der Waals surface area contributed by atoms with Crippen LogP contribution in [0.3, 0.4) is 0 Å². The van der Waals surface area contributed by atoms with Crippen molar-refractivity contribution >= 4 is 0 Å². The van der Waals surface area contributed by atoms with Gasteiger partial charge in [-0.2, -0.15) is 13.2 Å². The Morgan fingerprint density at radius 1 is 1.08 bits per heavy atom. The molecule has 1 saturated carbocycles. The van der Waals surface area contributed by atoms with Gasteiger partial charge in [-0.25, -0.2) is 0 Å². The van der Waals surface area contributed by atoms with Crippen LogP contribution in [0.2, 0.25) is 0 Å². The van der Waals surface area contributed by atoms with Crippen LogP contribution in [0, 0.1) is 5.92 Å². The number of halogens is 3. The summed E-state index contributed by atoms with van der Waals surface area (Å²) in [5.74, 6) is -0.388. The predicted molar refractivity (Wildman–Crippen MR) is 45.2 cm³/mol. The van der Waals surface area contributed by atoms with Gasteiger partial charge in [-0.15, -0.1) is 0 Å². The van der Waals surface area contributed by atoms with E-state index in [1.54, 1.807) is 0 Å². The number of nitrogens with two attached hydrogens (primary N) is 1. The lowest BCUT2D eigenvalue weighted by Crippen LogP contribution is -2.56. The summed E-state index contributed by atoms with van der Waals surface area (Å²) in [7, 11) is 0. The van der Waals surface area contributed by atoms with Crippen molar-refractivity contribution in [2.24, 2.45) is 11.7 Å². The molecule has 1 unspecified atom stereocenters. The smallest absolute Gasteiger partial charge is 0.318 e. The van der Waals surface area contributed by atoms with Gasteiger partial charge < -0.3 is 5.73 Å². The van der Waals surface area contributed by atoms with E-state index in [2.05, 4.69) is 0 Å². The molecule has 1 aliphatic carbocycles. The molecule has 0 amide bonds. The van der Waals surface area contributed by atoms with E-state index >= 15 is 0 Å². The third-order valence-electron chi connectivity index (χ3n) is 3.06. The molecule has 0 aromatic carbocycles. The third-order valence-corrected chi connectivity index (χ3v) is 3.06. The minimum atomic E-state index is -4.27. The molecule has 1 atom stereocenters. The van der Waals surface area contributed by atoms with E-state index in [1.165, 1.54) is 0 Å². The van der Waals surface area contributed by atoms with E-state index in [-0.39, 0.29) is 5.92 Å². The number of hydrogen-bond donors (Lipinski definition) is 1. The predicted octanol–water partition coefficient (Wildman–Crippen LogP) is 2.85. The van der Waals surface area contributed by atoms with E-state index in [0.717, 1.165) is 26.2 Å². The summed E-state index contributed by atoms with van der Waals surface area (Å²) >= 11 is 0. The fraction of sp³-hybridized carbons (Fsp3) is 1.00. The second kappa shape index (κ2) is 3.48. The highest BCUT2D eigenvalue weighted by Gasteiger charge is 2.52. The summed E-state index contributed by atoms with van der Waals surface area (Å²) < 4.78 is 37.5. The van der Waals surface area contributed by atoms with E-state index < -0.39 is 11.7 Å². The maximum atomic E-state index is 12.5. The first-order chi connectivity index (χ1) is 5.86. The Hall–Kier alpha value is -0.250. The molecule has 0 aromatic rings. The highest BCUT2D eigenvalue weighted by Crippen LogP contribution is 2.40. The van der Waals surface area contributed by atoms with Crippen LogP contribution in [-0.4, -0.2) is 11.7 Å². The molecule has 78 valence electrons. The van der Waals surface area contributed by atoms with E-state index in [4.69, 9.17) is 5.73 Å². The van der Waals surface area contributed by atoms with E-state index in [1.807, 2.05) is 0 Å². The molecular weight excluding hydrogens is 179 g/mol. The molecule has 0 saturated heterocycles. The van der Waals surface area contributed by atoms with Crippen LogP contribution in [0.25, 0.3) is 0 Å². The lowest BCUT2D eigenvalue weighted by Gasteiger charge is -2.38. The zero-order valence-electron chi connectivity index (χ0n) is 7.82. The van der Waals surface area contributed by atoms with Gasteiger partial charge in [0, 0.05) is 0 Å². The van der Waals surface area contributed by atoms with Gasteiger partial charge >= 0.3 is 6.18 Å². The summed E-state index contributed by atoms with van der Waals surface area (Å²) in [5.41, 5.74) is 3.35. The molecule has 1 fully saturated rings. The minimum absolute atomic E-state index is 0.388. The van der Waals surface area contributed by atoms with Crippen LogP contribution in [-0.2, 0) is 0 Å². The maximum Gasteiger partial charge on any atom is 0.406 e. The number of hydrogen-bond acceptors (Lipinski definition) is 1. The summed E-state index contributed by atoms with van der Waals surface area (Å²) in [6, 6.07) is 0. The van der Waals surface area contributed by atoms with Crippen molar-refractivity contribution in [2.75, 3.05) is 0 Å². The molecule has 2 N–H and O–H groups in total. The van der Waals surface area contributed by atoms with Gasteiger partial charge in [0.2, 0.25) is 0 Å². The average Bonchev–Trinajstić information content (AvgIpc) is 2.04. The van der Waals surface area contributed by atoms with E-state index in [9.17, 15) is 13.2 Å². The van der Waals surface area contributed by atoms with Gasteiger partial charge in [-0.05, 0) is 25.7 Å². The quantitative estimate of drug-likeness (QED) is 0.684. The molecule has 0 heterocycles. The Bertz CT molecular complexity index is 168. The lowest BCUT2D eigenvalue weighted by molar-refractivity contribution is -0.198. The zero-order chi connectivity index (χ0) is 10.1. The third kappa shape index (κ3) is 2.16. The fourth-order valence-corrected chi connectivity index (χ4v) is 1.93. The largest absolute Gasteiger partial charge is 0.406 e. The highest BCUT2D eigenvalue weighted by atomic mass is 19.4. The molecule has 1 rings (SSSR count). The standard InChI is InChI=1S/C9H16F3N/c1-8(13,9(10,11)12)7-5-3-2-4-6-7/h7H,2-6,13H2,1H3. The first kappa shape index (κ1) is 10.8. The molecule has 0 bridgehead atoms. The van der Waals surface area contributed by atoms with Crippen molar-refractivity contribution in [3.05, 3.63) is 0 Å². The van der Waals surface area contributed by atoms with Crippen molar-refractivity contribution < 1.29 is 13.2 Å². The van der Waals surface area contributed by atoms with Gasteiger partial charge in [-0.1, -0.05) is 19.3 Å². The number of alkyl halides is 3. The SMILES string of the molecule is CC(N)(C1CCCCC1)C(F)(F)F. The summed E-state index contributed by atoms with van der Waals surface area (Å²) in [6.45, 7) is 1.11. The molecule has 1 nitrogen and oxygen atoms in total. The van der Waals surface area contributed by atoms with Gasteiger partial charge in [0.15, 0.2) is 0 Å². The van der Waals surface area contributed by atoms with E-state index in [0.29, 0.717) is 12.8 Å². The van der Waals surface area contributed by atoms with Crippen LogP contribution in [0.5, 0.6) is 0 Å². The maximum absolute atomic E-state index is 12.5. The second-order valence-electron chi connectivity index (χ2n) is 4.12. The molecule has 0 spiro atoms. The van der Waals surface area contributed by atoms with Crippen molar-refractivity contribution in [2.45, 2.75) is 50.7 Å². The van der Waals surface area contributed by atoms with Gasteiger partial charge in [0.1, 0.15) is 5.54 Å². The first-order valence-electron chi connectivity index (χ1n) is 4.71. The van der Waals surface area contributed by atoms with Crippen LogP contribution < -0.4 is 5.73 Å².